The van der Waals surface area contributed by atoms with E-state index in [0.29, 0.717) is 0 Å². The van der Waals surface area contributed by atoms with Crippen molar-refractivity contribution in [3.8, 4) is 33.4 Å². The molecule has 0 fully saturated rings. The SMILES string of the molecule is CC1(C)c2ccccc2-c2ccc(N(c3ccc4c(c3)C(C)(C)c3ccccc3-4)c3cccc4c3oc3cc5c(cc34)oc3cc(-c4ccccc4)ccc35)cc21. The van der Waals surface area contributed by atoms with Crippen molar-refractivity contribution in [2.24, 2.45) is 0 Å². The van der Waals surface area contributed by atoms with Crippen LogP contribution in [0, 0.1) is 0 Å². The van der Waals surface area contributed by atoms with Crippen LogP contribution in [0.3, 0.4) is 0 Å². The first-order chi connectivity index (χ1) is 27.8. The van der Waals surface area contributed by atoms with Crippen LogP contribution in [0.25, 0.3) is 77.3 Å². The molecule has 0 spiro atoms. The number of hydrogen-bond donors (Lipinski definition) is 0. The lowest BCUT2D eigenvalue weighted by atomic mass is 9.82. The van der Waals surface area contributed by atoms with Crippen LogP contribution in [0.15, 0.2) is 173 Å². The van der Waals surface area contributed by atoms with Gasteiger partial charge in [0, 0.05) is 43.7 Å². The van der Waals surface area contributed by atoms with Gasteiger partial charge in [-0.3, -0.25) is 0 Å². The summed E-state index contributed by atoms with van der Waals surface area (Å²) in [5.41, 5.74) is 19.3. The molecule has 0 aliphatic heterocycles. The summed E-state index contributed by atoms with van der Waals surface area (Å²) in [6.45, 7) is 9.40. The fourth-order valence-electron chi connectivity index (χ4n) is 10.1. The predicted molar refractivity (Wildman–Crippen MR) is 236 cm³/mol. The second-order valence-electron chi connectivity index (χ2n) is 16.9. The first kappa shape index (κ1) is 32.4. The van der Waals surface area contributed by atoms with Gasteiger partial charge in [0.15, 0.2) is 5.58 Å². The molecule has 2 heterocycles. The van der Waals surface area contributed by atoms with E-state index in [9.17, 15) is 0 Å². The average Bonchev–Trinajstić information content (AvgIpc) is 3.92. The first-order valence-corrected chi connectivity index (χ1v) is 19.9. The molecule has 8 aromatic carbocycles. The summed E-state index contributed by atoms with van der Waals surface area (Å²) >= 11 is 0. The molecule has 272 valence electrons. The number of benzene rings is 8. The molecule has 0 atom stereocenters. The van der Waals surface area contributed by atoms with E-state index >= 15 is 0 Å². The molecule has 10 aromatic rings. The normalized spacial score (nSPS) is 14.6. The Labute approximate surface area is 331 Å². The van der Waals surface area contributed by atoms with E-state index in [1.807, 2.05) is 6.07 Å². The molecular weight excluding hydrogens is 695 g/mol. The highest BCUT2D eigenvalue weighted by atomic mass is 16.3. The maximum atomic E-state index is 7.01. The van der Waals surface area contributed by atoms with E-state index in [2.05, 4.69) is 190 Å². The van der Waals surface area contributed by atoms with Crippen molar-refractivity contribution >= 4 is 60.9 Å². The van der Waals surface area contributed by atoms with Crippen LogP contribution in [0.5, 0.6) is 0 Å². The van der Waals surface area contributed by atoms with Crippen molar-refractivity contribution in [1.29, 1.82) is 0 Å². The summed E-state index contributed by atoms with van der Waals surface area (Å²) < 4.78 is 13.6. The fraction of sp³-hybridized carbons (Fsp3) is 0.111. The monoisotopic (exact) mass is 733 g/mol. The minimum Gasteiger partial charge on any atom is -0.456 e. The van der Waals surface area contributed by atoms with Gasteiger partial charge in [-0.2, -0.15) is 0 Å². The molecule has 0 bridgehead atoms. The van der Waals surface area contributed by atoms with E-state index < -0.39 is 0 Å². The topological polar surface area (TPSA) is 29.5 Å². The molecule has 0 saturated carbocycles. The minimum atomic E-state index is -0.140. The molecule has 0 amide bonds. The van der Waals surface area contributed by atoms with Gasteiger partial charge in [0.2, 0.25) is 0 Å². The maximum absolute atomic E-state index is 7.01. The summed E-state index contributed by atoms with van der Waals surface area (Å²) in [6, 6.07) is 59.6. The Bertz CT molecular complexity index is 3200. The second-order valence-corrected chi connectivity index (χ2v) is 16.9. The smallest absolute Gasteiger partial charge is 0.159 e. The number of anilines is 3. The Morgan fingerprint density at radius 1 is 0.368 bits per heavy atom. The quantitative estimate of drug-likeness (QED) is 0.180. The van der Waals surface area contributed by atoms with Crippen LogP contribution in [0.1, 0.15) is 49.9 Å². The summed E-state index contributed by atoms with van der Waals surface area (Å²) in [5.74, 6) is 0. The zero-order chi connectivity index (χ0) is 38.2. The van der Waals surface area contributed by atoms with Crippen molar-refractivity contribution in [2.75, 3.05) is 4.90 Å². The third-order valence-electron chi connectivity index (χ3n) is 13.1. The highest BCUT2D eigenvalue weighted by molar-refractivity contribution is 6.17. The van der Waals surface area contributed by atoms with Crippen molar-refractivity contribution in [2.45, 2.75) is 38.5 Å². The lowest BCUT2D eigenvalue weighted by molar-refractivity contribution is 0.659. The van der Waals surface area contributed by atoms with E-state index in [1.165, 1.54) is 50.1 Å². The van der Waals surface area contributed by atoms with Crippen LogP contribution in [0.2, 0.25) is 0 Å². The van der Waals surface area contributed by atoms with Gasteiger partial charge in [0.25, 0.3) is 0 Å². The summed E-state index contributed by atoms with van der Waals surface area (Å²) in [7, 11) is 0. The molecule has 2 aromatic heterocycles. The fourth-order valence-corrected chi connectivity index (χ4v) is 10.1. The van der Waals surface area contributed by atoms with Crippen LogP contribution in [-0.2, 0) is 10.8 Å². The van der Waals surface area contributed by atoms with Gasteiger partial charge >= 0.3 is 0 Å². The number of para-hydroxylation sites is 1. The second kappa shape index (κ2) is 11.4. The minimum absolute atomic E-state index is 0.140. The van der Waals surface area contributed by atoms with Gasteiger partial charge < -0.3 is 13.7 Å². The number of nitrogens with zero attached hydrogens (tertiary/aromatic N) is 1. The maximum Gasteiger partial charge on any atom is 0.159 e. The molecule has 12 rings (SSSR count). The zero-order valence-corrected chi connectivity index (χ0v) is 32.4. The van der Waals surface area contributed by atoms with Gasteiger partial charge in [-0.1, -0.05) is 137 Å². The van der Waals surface area contributed by atoms with E-state index in [-0.39, 0.29) is 10.8 Å². The molecule has 0 radical (unpaired) electrons. The van der Waals surface area contributed by atoms with Gasteiger partial charge in [-0.25, -0.2) is 0 Å². The van der Waals surface area contributed by atoms with Crippen LogP contribution >= 0.6 is 0 Å². The summed E-state index contributed by atoms with van der Waals surface area (Å²) in [4.78, 5) is 2.41. The van der Waals surface area contributed by atoms with Crippen LogP contribution in [0.4, 0.5) is 17.1 Å². The standard InChI is InChI=1S/C54H39NO2/c1-53(2)44-18-10-8-15-36(44)38-25-22-34(28-46(38)53)55(35-23-26-39-37-16-9-11-19-45(37)54(3,4)47(39)29-35)48-20-12-17-41-43-31-50-42(30-51(43)57-52(41)48)40-24-21-33(27-49(40)56-50)32-13-6-5-7-14-32/h5-31H,1-4H3. The number of fused-ring (bicyclic) bond motifs is 12. The molecule has 0 unspecified atom stereocenters. The van der Waals surface area contributed by atoms with Crippen LogP contribution in [-0.4, -0.2) is 0 Å². The third kappa shape index (κ3) is 4.48. The molecule has 57 heavy (non-hydrogen) atoms. The zero-order valence-electron chi connectivity index (χ0n) is 32.4. The average molecular weight is 734 g/mol. The molecule has 3 heteroatoms. The van der Waals surface area contributed by atoms with Crippen molar-refractivity contribution < 1.29 is 8.83 Å². The van der Waals surface area contributed by atoms with Crippen LogP contribution < -0.4 is 4.90 Å². The Hall–Kier alpha value is -6.84. The molecule has 3 nitrogen and oxygen atoms in total. The van der Waals surface area contributed by atoms with E-state index in [4.69, 9.17) is 8.83 Å². The lowest BCUT2D eigenvalue weighted by Gasteiger charge is -2.29. The van der Waals surface area contributed by atoms with E-state index in [0.717, 1.165) is 66.5 Å². The molecular formula is C54H39NO2. The number of furan rings is 2. The van der Waals surface area contributed by atoms with Gasteiger partial charge in [-0.05, 0) is 110 Å². The Morgan fingerprint density at radius 2 is 0.912 bits per heavy atom. The van der Waals surface area contributed by atoms with Crippen molar-refractivity contribution in [3.05, 3.63) is 186 Å². The van der Waals surface area contributed by atoms with Gasteiger partial charge in [0.05, 0.1) is 5.69 Å². The predicted octanol–water partition coefficient (Wildman–Crippen LogP) is 15.2. The highest BCUT2D eigenvalue weighted by Gasteiger charge is 2.38. The van der Waals surface area contributed by atoms with Crippen molar-refractivity contribution in [3.63, 3.8) is 0 Å². The summed E-state index contributed by atoms with van der Waals surface area (Å²) in [5, 5.41) is 4.23. The number of hydrogen-bond acceptors (Lipinski definition) is 3. The molecule has 0 N–H and O–H groups in total. The Morgan fingerprint density at radius 3 is 1.56 bits per heavy atom. The molecule has 2 aliphatic carbocycles. The Kier molecular flexibility index (Phi) is 6.46. The number of rotatable bonds is 4. The highest BCUT2D eigenvalue weighted by Crippen LogP contribution is 2.54. The van der Waals surface area contributed by atoms with Gasteiger partial charge in [0.1, 0.15) is 16.7 Å². The lowest BCUT2D eigenvalue weighted by Crippen LogP contribution is -2.18. The molecule has 2 aliphatic rings. The Balaban J connectivity index is 1.06. The molecule has 0 saturated heterocycles. The third-order valence-corrected chi connectivity index (χ3v) is 13.1. The van der Waals surface area contributed by atoms with Crippen molar-refractivity contribution in [1.82, 2.24) is 0 Å². The van der Waals surface area contributed by atoms with Gasteiger partial charge in [-0.15, -0.1) is 0 Å². The summed E-state index contributed by atoms with van der Waals surface area (Å²) in [6.07, 6.45) is 0. The largest absolute Gasteiger partial charge is 0.456 e. The first-order valence-electron chi connectivity index (χ1n) is 19.9. The van der Waals surface area contributed by atoms with E-state index in [1.54, 1.807) is 0 Å².